The second-order valence-corrected chi connectivity index (χ2v) is 9.01. The lowest BCUT2D eigenvalue weighted by atomic mass is 9.85. The van der Waals surface area contributed by atoms with Crippen LogP contribution in [0.15, 0.2) is 6.33 Å². The van der Waals surface area contributed by atoms with Crippen molar-refractivity contribution in [1.29, 1.82) is 0 Å². The van der Waals surface area contributed by atoms with Gasteiger partial charge in [-0.2, -0.15) is 0 Å². The molecule has 1 fully saturated rings. The second-order valence-electron chi connectivity index (χ2n) is 7.93. The van der Waals surface area contributed by atoms with Crippen molar-refractivity contribution in [3.8, 4) is 5.88 Å². The Morgan fingerprint density at radius 2 is 1.96 bits per heavy atom. The fourth-order valence-electron chi connectivity index (χ4n) is 4.35. The highest BCUT2D eigenvalue weighted by atomic mass is 32.1. The summed E-state index contributed by atoms with van der Waals surface area (Å²) in [7, 11) is 4.31. The van der Waals surface area contributed by atoms with Gasteiger partial charge in [0.05, 0.1) is 5.39 Å². The van der Waals surface area contributed by atoms with Crippen molar-refractivity contribution in [2.24, 2.45) is 5.92 Å². The largest absolute Gasteiger partial charge is 0.474 e. The average Bonchev–Trinajstić information content (AvgIpc) is 3.00. The number of carbonyl (C=O) groups is 1. The zero-order valence-corrected chi connectivity index (χ0v) is 16.6. The van der Waals surface area contributed by atoms with Crippen LogP contribution in [0, 0.1) is 5.92 Å². The monoisotopic (exact) mass is 373 g/mol. The topological polar surface area (TPSA) is 55.3 Å². The van der Waals surface area contributed by atoms with Crippen molar-refractivity contribution in [3.05, 3.63) is 16.8 Å². The van der Waals surface area contributed by atoms with Crippen molar-refractivity contribution < 1.29 is 9.53 Å². The number of aryl methyl sites for hydroxylation is 1. The third-order valence-electron chi connectivity index (χ3n) is 6.03. The van der Waals surface area contributed by atoms with E-state index in [1.54, 1.807) is 24.6 Å². The molecule has 0 spiro atoms. The first-order valence-electron chi connectivity index (χ1n) is 9.61. The molecule has 140 valence electrons. The summed E-state index contributed by atoms with van der Waals surface area (Å²) < 4.78 is 6.37. The number of fused-ring (bicyclic) bond motifs is 3. The number of ketones is 1. The minimum Gasteiger partial charge on any atom is -0.474 e. The predicted octanol–water partition coefficient (Wildman–Crippen LogP) is 3.64. The van der Waals surface area contributed by atoms with Crippen LogP contribution in [0.2, 0.25) is 0 Å². The van der Waals surface area contributed by atoms with Crippen molar-refractivity contribution in [2.75, 3.05) is 14.1 Å². The van der Waals surface area contributed by atoms with E-state index in [1.807, 2.05) is 0 Å². The maximum absolute atomic E-state index is 11.9. The standard InChI is InChI=1S/C20H27N3O2S/c1-12(24)13-4-9-17-16(10-13)18-19(21-11-22-20(18)26-17)25-15-7-5-14(6-8-15)23(2)3/h11,13-15H,4-10H2,1-3H3/t13-,14?,15?/m0/s1. The molecule has 0 unspecified atom stereocenters. The highest BCUT2D eigenvalue weighted by Gasteiger charge is 2.29. The molecule has 5 nitrogen and oxygen atoms in total. The van der Waals surface area contributed by atoms with Crippen LogP contribution in [-0.4, -0.2) is 46.9 Å². The van der Waals surface area contributed by atoms with E-state index in [-0.39, 0.29) is 17.8 Å². The molecule has 2 aromatic heterocycles. The van der Waals surface area contributed by atoms with E-state index < -0.39 is 0 Å². The van der Waals surface area contributed by atoms with Crippen molar-refractivity contribution in [1.82, 2.24) is 14.9 Å². The van der Waals surface area contributed by atoms with Crippen LogP contribution in [0.25, 0.3) is 10.2 Å². The number of rotatable bonds is 4. The Labute approximate surface area is 158 Å². The summed E-state index contributed by atoms with van der Waals surface area (Å²) in [6.45, 7) is 1.71. The molecule has 0 N–H and O–H groups in total. The zero-order valence-electron chi connectivity index (χ0n) is 15.8. The van der Waals surface area contributed by atoms with E-state index in [2.05, 4.69) is 29.0 Å². The Morgan fingerprint density at radius 1 is 1.19 bits per heavy atom. The number of aromatic nitrogens is 2. The molecule has 2 aliphatic rings. The fraction of sp³-hybridized carbons (Fsp3) is 0.650. The van der Waals surface area contributed by atoms with Crippen molar-refractivity contribution in [3.63, 3.8) is 0 Å². The second kappa shape index (κ2) is 7.24. The first-order valence-corrected chi connectivity index (χ1v) is 10.4. The zero-order chi connectivity index (χ0) is 18.3. The van der Waals surface area contributed by atoms with E-state index in [0.717, 1.165) is 48.2 Å². The molecule has 4 rings (SSSR count). The van der Waals surface area contributed by atoms with Crippen LogP contribution in [0.4, 0.5) is 0 Å². The highest BCUT2D eigenvalue weighted by Crippen LogP contribution is 2.41. The van der Waals surface area contributed by atoms with Gasteiger partial charge in [-0.25, -0.2) is 9.97 Å². The molecule has 0 saturated heterocycles. The summed E-state index contributed by atoms with van der Waals surface area (Å²) in [6.07, 6.45) is 9.04. The quantitative estimate of drug-likeness (QED) is 0.819. The van der Waals surface area contributed by atoms with Crippen LogP contribution >= 0.6 is 11.3 Å². The Kier molecular flexibility index (Phi) is 4.97. The summed E-state index contributed by atoms with van der Waals surface area (Å²) >= 11 is 1.74. The Balaban J connectivity index is 1.58. The summed E-state index contributed by atoms with van der Waals surface area (Å²) in [5.74, 6) is 1.14. The van der Waals surface area contributed by atoms with Gasteiger partial charge in [0.15, 0.2) is 0 Å². The molecule has 0 bridgehead atoms. The summed E-state index contributed by atoms with van der Waals surface area (Å²) in [5, 5.41) is 1.06. The molecular formula is C20H27N3O2S. The minimum absolute atomic E-state index is 0.129. The Morgan fingerprint density at radius 3 is 2.65 bits per heavy atom. The van der Waals surface area contributed by atoms with E-state index >= 15 is 0 Å². The number of hydrogen-bond donors (Lipinski definition) is 0. The average molecular weight is 374 g/mol. The van der Waals surface area contributed by atoms with Gasteiger partial charge < -0.3 is 9.64 Å². The van der Waals surface area contributed by atoms with Crippen LogP contribution < -0.4 is 4.74 Å². The molecule has 0 aromatic carbocycles. The van der Waals surface area contributed by atoms with Crippen LogP contribution in [0.3, 0.4) is 0 Å². The molecule has 1 atom stereocenters. The first kappa shape index (κ1) is 17.9. The van der Waals surface area contributed by atoms with Gasteiger partial charge in [-0.3, -0.25) is 4.79 Å². The van der Waals surface area contributed by atoms with Gasteiger partial charge >= 0.3 is 0 Å². The molecule has 6 heteroatoms. The molecule has 2 heterocycles. The molecule has 2 aliphatic carbocycles. The van der Waals surface area contributed by atoms with Gasteiger partial charge in [-0.1, -0.05) is 0 Å². The third kappa shape index (κ3) is 3.37. The molecule has 0 aliphatic heterocycles. The van der Waals surface area contributed by atoms with E-state index in [9.17, 15) is 4.79 Å². The smallest absolute Gasteiger partial charge is 0.225 e. The molecular weight excluding hydrogens is 346 g/mol. The summed E-state index contributed by atoms with van der Waals surface area (Å²) in [5.41, 5.74) is 1.26. The fourth-order valence-corrected chi connectivity index (χ4v) is 5.53. The molecule has 1 saturated carbocycles. The molecule has 0 radical (unpaired) electrons. The number of hydrogen-bond acceptors (Lipinski definition) is 6. The minimum atomic E-state index is 0.129. The lowest BCUT2D eigenvalue weighted by Crippen LogP contribution is -2.35. The lowest BCUT2D eigenvalue weighted by Gasteiger charge is -2.32. The van der Waals surface area contributed by atoms with Gasteiger partial charge in [0.1, 0.15) is 23.0 Å². The van der Waals surface area contributed by atoms with Gasteiger partial charge in [0, 0.05) is 16.8 Å². The number of thiophene rings is 1. The number of nitrogens with zero attached hydrogens (tertiary/aromatic N) is 3. The number of Topliss-reactive ketones (excluding diaryl/α,β-unsaturated/α-hetero) is 1. The van der Waals surface area contributed by atoms with Crippen molar-refractivity contribution in [2.45, 2.75) is 64.0 Å². The van der Waals surface area contributed by atoms with Gasteiger partial charge in [0.2, 0.25) is 5.88 Å². The number of ether oxygens (including phenoxy) is 1. The summed E-state index contributed by atoms with van der Waals surface area (Å²) in [6, 6.07) is 0.658. The number of carbonyl (C=O) groups excluding carboxylic acids is 1. The lowest BCUT2D eigenvalue weighted by molar-refractivity contribution is -0.121. The first-order chi connectivity index (χ1) is 12.5. The van der Waals surface area contributed by atoms with E-state index in [4.69, 9.17) is 4.74 Å². The normalized spacial score (nSPS) is 26.1. The summed E-state index contributed by atoms with van der Waals surface area (Å²) in [4.78, 5) is 25.5. The SMILES string of the molecule is CC(=O)[C@H]1CCc2sc3ncnc(OC4CCC(N(C)C)CC4)c3c2C1. The third-order valence-corrected chi connectivity index (χ3v) is 7.23. The van der Waals surface area contributed by atoms with Crippen LogP contribution in [0.1, 0.15) is 49.5 Å². The highest BCUT2D eigenvalue weighted by molar-refractivity contribution is 7.18. The maximum atomic E-state index is 11.9. The van der Waals surface area contributed by atoms with Gasteiger partial charge in [0.25, 0.3) is 0 Å². The van der Waals surface area contributed by atoms with Crippen molar-refractivity contribution >= 4 is 27.3 Å². The Bertz CT molecular complexity index is 809. The van der Waals surface area contributed by atoms with E-state index in [1.165, 1.54) is 23.3 Å². The Hall–Kier alpha value is -1.53. The molecule has 26 heavy (non-hydrogen) atoms. The van der Waals surface area contributed by atoms with E-state index in [0.29, 0.717) is 6.04 Å². The van der Waals surface area contributed by atoms with Crippen LogP contribution in [-0.2, 0) is 17.6 Å². The predicted molar refractivity (Wildman–Crippen MR) is 104 cm³/mol. The molecule has 0 amide bonds. The van der Waals surface area contributed by atoms with Gasteiger partial charge in [-0.05, 0) is 71.5 Å². The maximum Gasteiger partial charge on any atom is 0.225 e. The van der Waals surface area contributed by atoms with Gasteiger partial charge in [-0.15, -0.1) is 11.3 Å². The molecule has 2 aromatic rings. The van der Waals surface area contributed by atoms with Crippen LogP contribution in [0.5, 0.6) is 5.88 Å².